The van der Waals surface area contributed by atoms with E-state index >= 15 is 0 Å². The Labute approximate surface area is 123 Å². The Morgan fingerprint density at radius 3 is 2.89 bits per heavy atom. The summed E-state index contributed by atoms with van der Waals surface area (Å²) >= 11 is 7.98. The van der Waals surface area contributed by atoms with Gasteiger partial charge in [0.25, 0.3) is 0 Å². The summed E-state index contributed by atoms with van der Waals surface area (Å²) in [6.07, 6.45) is 0. The molecule has 0 aliphatic carbocycles. The lowest BCUT2D eigenvalue weighted by Crippen LogP contribution is -2.12. The van der Waals surface area contributed by atoms with Gasteiger partial charge in [0.15, 0.2) is 5.82 Å². The van der Waals surface area contributed by atoms with Gasteiger partial charge in [-0.1, -0.05) is 17.4 Å². The highest BCUT2D eigenvalue weighted by Crippen LogP contribution is 2.27. The van der Waals surface area contributed by atoms with Gasteiger partial charge in [0.05, 0.1) is 16.7 Å². The van der Waals surface area contributed by atoms with Crippen molar-refractivity contribution in [3.05, 3.63) is 45.5 Å². The minimum absolute atomic E-state index is 0.143. The minimum Gasteiger partial charge on any atom is -0.389 e. The zero-order chi connectivity index (χ0) is 14.0. The van der Waals surface area contributed by atoms with Crippen LogP contribution in [0.1, 0.15) is 17.0 Å². The van der Waals surface area contributed by atoms with Gasteiger partial charge in [-0.25, -0.2) is 4.39 Å². The van der Waals surface area contributed by atoms with Crippen molar-refractivity contribution in [2.24, 2.45) is 5.73 Å². The highest BCUT2D eigenvalue weighted by molar-refractivity contribution is 9.10. The van der Waals surface area contributed by atoms with Crippen LogP contribution >= 0.6 is 28.1 Å². The second-order valence-electron chi connectivity index (χ2n) is 3.94. The normalized spacial score (nSPS) is 10.5. The summed E-state index contributed by atoms with van der Waals surface area (Å²) in [5.41, 5.74) is 7.00. The van der Waals surface area contributed by atoms with E-state index in [-0.39, 0.29) is 9.46 Å². The number of hydrogen-bond donors (Lipinski definition) is 2. The third-order valence-electron chi connectivity index (χ3n) is 2.48. The van der Waals surface area contributed by atoms with Crippen molar-refractivity contribution in [2.45, 2.75) is 13.5 Å². The largest absolute Gasteiger partial charge is 0.389 e. The lowest BCUT2D eigenvalue weighted by molar-refractivity contribution is 0.391. The molecule has 0 atom stereocenters. The fourth-order valence-electron chi connectivity index (χ4n) is 1.56. The highest BCUT2D eigenvalue weighted by Gasteiger charge is 2.13. The summed E-state index contributed by atoms with van der Waals surface area (Å²) in [7, 11) is 0. The van der Waals surface area contributed by atoms with Crippen molar-refractivity contribution in [1.82, 2.24) is 5.16 Å². The maximum atomic E-state index is 14.1. The van der Waals surface area contributed by atoms with Crippen LogP contribution in [0.25, 0.3) is 0 Å². The maximum Gasteiger partial charge on any atom is 0.161 e. The Morgan fingerprint density at radius 2 is 2.32 bits per heavy atom. The van der Waals surface area contributed by atoms with Gasteiger partial charge in [-0.05, 0) is 35.0 Å². The monoisotopic (exact) mass is 343 g/mol. The molecule has 0 spiro atoms. The van der Waals surface area contributed by atoms with Gasteiger partial charge in [0, 0.05) is 11.6 Å². The second-order valence-corrected chi connectivity index (χ2v) is 5.17. The summed E-state index contributed by atoms with van der Waals surface area (Å²) in [5.74, 6) is 0.271. The summed E-state index contributed by atoms with van der Waals surface area (Å²) < 4.78 is 19.2. The zero-order valence-electron chi connectivity index (χ0n) is 10.0. The number of aryl methyl sites for hydroxylation is 1. The van der Waals surface area contributed by atoms with Gasteiger partial charge in [0.1, 0.15) is 16.4 Å². The van der Waals surface area contributed by atoms with Crippen LogP contribution in [0.2, 0.25) is 0 Å². The molecule has 1 aromatic heterocycles. The number of halogens is 2. The molecule has 0 aliphatic heterocycles. The maximum absolute atomic E-state index is 14.1. The van der Waals surface area contributed by atoms with E-state index in [4.69, 9.17) is 22.5 Å². The first-order chi connectivity index (χ1) is 8.99. The number of nitrogens with one attached hydrogen (secondary N) is 1. The SMILES string of the molecule is Cc1cc(CNc2ccc(C(N)=S)c(Br)c2F)no1. The zero-order valence-corrected chi connectivity index (χ0v) is 12.4. The molecule has 0 fully saturated rings. The summed E-state index contributed by atoms with van der Waals surface area (Å²) in [5, 5.41) is 6.75. The van der Waals surface area contributed by atoms with Crippen molar-refractivity contribution >= 4 is 38.8 Å². The molecule has 0 unspecified atom stereocenters. The van der Waals surface area contributed by atoms with E-state index in [0.29, 0.717) is 29.2 Å². The predicted octanol–water partition coefficient (Wildman–Crippen LogP) is 3.13. The van der Waals surface area contributed by atoms with Crippen LogP contribution in [0.5, 0.6) is 0 Å². The molecule has 3 N–H and O–H groups in total. The minimum atomic E-state index is -0.439. The molecule has 1 aromatic carbocycles. The number of hydrogen-bond acceptors (Lipinski definition) is 4. The number of aromatic nitrogens is 1. The number of nitrogens with zero attached hydrogens (tertiary/aromatic N) is 1. The van der Waals surface area contributed by atoms with Gasteiger partial charge < -0.3 is 15.6 Å². The summed E-state index contributed by atoms with van der Waals surface area (Å²) in [6, 6.07) is 5.02. The predicted molar refractivity (Wildman–Crippen MR) is 78.6 cm³/mol. The molecular weight excluding hydrogens is 333 g/mol. The smallest absolute Gasteiger partial charge is 0.161 e. The number of nitrogens with two attached hydrogens (primary N) is 1. The molecule has 0 radical (unpaired) electrons. The van der Waals surface area contributed by atoms with Crippen molar-refractivity contribution in [3.63, 3.8) is 0 Å². The first-order valence-electron chi connectivity index (χ1n) is 5.43. The van der Waals surface area contributed by atoms with Crippen molar-refractivity contribution < 1.29 is 8.91 Å². The lowest BCUT2D eigenvalue weighted by atomic mass is 10.2. The van der Waals surface area contributed by atoms with Gasteiger partial charge in [-0.15, -0.1) is 0 Å². The van der Waals surface area contributed by atoms with E-state index in [1.54, 1.807) is 25.1 Å². The van der Waals surface area contributed by atoms with Crippen LogP contribution in [-0.2, 0) is 6.54 Å². The van der Waals surface area contributed by atoms with Crippen LogP contribution in [0.4, 0.5) is 10.1 Å². The van der Waals surface area contributed by atoms with Gasteiger partial charge in [0.2, 0.25) is 0 Å². The van der Waals surface area contributed by atoms with E-state index < -0.39 is 5.82 Å². The van der Waals surface area contributed by atoms with Crippen molar-refractivity contribution in [1.29, 1.82) is 0 Å². The molecule has 0 saturated carbocycles. The molecular formula is C12H11BrFN3OS. The standard InChI is InChI=1S/C12H11BrFN3OS/c1-6-4-7(17-18-6)5-16-9-3-2-8(12(15)19)10(13)11(9)14/h2-4,16H,5H2,1H3,(H2,15,19). The molecule has 0 bridgehead atoms. The Hall–Kier alpha value is -1.47. The first-order valence-corrected chi connectivity index (χ1v) is 6.63. The third-order valence-corrected chi connectivity index (χ3v) is 3.48. The summed E-state index contributed by atoms with van der Waals surface area (Å²) in [4.78, 5) is 0.143. The molecule has 0 amide bonds. The highest BCUT2D eigenvalue weighted by atomic mass is 79.9. The lowest BCUT2D eigenvalue weighted by Gasteiger charge is -2.10. The van der Waals surface area contributed by atoms with Gasteiger partial charge in [-0.2, -0.15) is 0 Å². The number of thiocarbonyl (C=S) groups is 1. The van der Waals surface area contributed by atoms with E-state index in [0.717, 1.165) is 0 Å². The topological polar surface area (TPSA) is 64.1 Å². The molecule has 1 heterocycles. The number of benzene rings is 1. The Morgan fingerprint density at radius 1 is 1.58 bits per heavy atom. The average molecular weight is 344 g/mol. The second kappa shape index (κ2) is 5.66. The Bertz CT molecular complexity index is 629. The van der Waals surface area contributed by atoms with E-state index in [1.165, 1.54) is 0 Å². The van der Waals surface area contributed by atoms with Gasteiger partial charge >= 0.3 is 0 Å². The molecule has 7 heteroatoms. The van der Waals surface area contributed by atoms with E-state index in [1.807, 2.05) is 0 Å². The first kappa shape index (κ1) is 14.0. The molecule has 2 rings (SSSR count). The van der Waals surface area contributed by atoms with Crippen LogP contribution in [0.3, 0.4) is 0 Å². The van der Waals surface area contributed by atoms with Crippen molar-refractivity contribution in [2.75, 3.05) is 5.32 Å². The van der Waals surface area contributed by atoms with Crippen LogP contribution < -0.4 is 11.1 Å². The fourth-order valence-corrected chi connectivity index (χ4v) is 2.42. The molecule has 0 saturated heterocycles. The molecule has 4 nitrogen and oxygen atoms in total. The average Bonchev–Trinajstić information content (AvgIpc) is 2.76. The molecule has 0 aliphatic rings. The quantitative estimate of drug-likeness (QED) is 0.835. The van der Waals surface area contributed by atoms with E-state index in [9.17, 15) is 4.39 Å². The summed E-state index contributed by atoms with van der Waals surface area (Å²) in [6.45, 7) is 2.16. The van der Waals surface area contributed by atoms with Gasteiger partial charge in [-0.3, -0.25) is 0 Å². The number of anilines is 1. The van der Waals surface area contributed by atoms with Crippen molar-refractivity contribution in [3.8, 4) is 0 Å². The molecule has 19 heavy (non-hydrogen) atoms. The van der Waals surface area contributed by atoms with Crippen LogP contribution in [0, 0.1) is 12.7 Å². The van der Waals surface area contributed by atoms with Crippen LogP contribution in [-0.4, -0.2) is 10.1 Å². The Kier molecular flexibility index (Phi) is 4.16. The Balaban J connectivity index is 2.17. The fraction of sp³-hybridized carbons (Fsp3) is 0.167. The molecule has 100 valence electrons. The third kappa shape index (κ3) is 3.10. The molecule has 2 aromatic rings. The van der Waals surface area contributed by atoms with Crippen LogP contribution in [0.15, 0.2) is 27.2 Å². The van der Waals surface area contributed by atoms with E-state index in [2.05, 4.69) is 26.4 Å². The number of rotatable bonds is 4.